The number of fused-ring (bicyclic) bond motifs is 1. The zero-order chi connectivity index (χ0) is 26.1. The van der Waals surface area contributed by atoms with Crippen LogP contribution in [0, 0.1) is 0 Å². The van der Waals surface area contributed by atoms with Crippen molar-refractivity contribution in [3.8, 4) is 11.5 Å². The summed E-state index contributed by atoms with van der Waals surface area (Å²) in [5.41, 5.74) is 6.99. The van der Waals surface area contributed by atoms with Gasteiger partial charge in [-0.15, -0.1) is 0 Å². The molecule has 1 aliphatic heterocycles. The predicted octanol–water partition coefficient (Wildman–Crippen LogP) is 6.53. The molecule has 0 fully saturated rings. The van der Waals surface area contributed by atoms with Crippen LogP contribution in [-0.4, -0.2) is 33.1 Å². The maximum absolute atomic E-state index is 13.8. The fraction of sp³-hybridized carbons (Fsp3) is 0.323. The van der Waals surface area contributed by atoms with Crippen molar-refractivity contribution in [2.75, 3.05) is 36.7 Å². The van der Waals surface area contributed by atoms with E-state index in [2.05, 4.69) is 45.9 Å². The van der Waals surface area contributed by atoms with Gasteiger partial charge in [0.1, 0.15) is 0 Å². The van der Waals surface area contributed by atoms with Gasteiger partial charge in [-0.2, -0.15) is 0 Å². The third-order valence-electron chi connectivity index (χ3n) is 7.07. The molecule has 0 saturated carbocycles. The van der Waals surface area contributed by atoms with E-state index in [1.54, 1.807) is 7.11 Å². The zero-order valence-electron chi connectivity index (χ0n) is 22.2. The molecule has 3 aromatic carbocycles. The normalized spacial score (nSPS) is 18.8. The Morgan fingerprint density at radius 2 is 1.59 bits per heavy atom. The predicted molar refractivity (Wildman–Crippen MR) is 150 cm³/mol. The summed E-state index contributed by atoms with van der Waals surface area (Å²) in [7, 11) is 5.71. The number of allylic oxidation sites excluding steroid dienone is 1. The average Bonchev–Trinajstić information content (AvgIpc) is 3.05. The van der Waals surface area contributed by atoms with Crippen LogP contribution in [0.25, 0.3) is 0 Å². The Kier molecular flexibility index (Phi) is 6.83. The minimum absolute atomic E-state index is 0.0322. The van der Waals surface area contributed by atoms with Gasteiger partial charge in [-0.3, -0.25) is 4.79 Å². The summed E-state index contributed by atoms with van der Waals surface area (Å²) in [5.74, 6) is 1.63. The number of nitrogens with zero attached hydrogens (tertiary/aromatic N) is 1. The molecule has 1 heterocycles. The largest absolute Gasteiger partial charge is 0.493 e. The van der Waals surface area contributed by atoms with E-state index in [4.69, 9.17) is 9.47 Å². The van der Waals surface area contributed by atoms with Crippen LogP contribution in [-0.2, 0) is 4.79 Å². The summed E-state index contributed by atoms with van der Waals surface area (Å²) in [6.07, 6.45) is 1.27. The highest BCUT2D eigenvalue weighted by Gasteiger charge is 2.36. The Morgan fingerprint density at radius 1 is 0.892 bits per heavy atom. The number of carbonyl (C=O) groups excluding carboxylic acids is 1. The van der Waals surface area contributed by atoms with Crippen LogP contribution in [0.2, 0.25) is 0 Å². The molecule has 0 bridgehead atoms. The van der Waals surface area contributed by atoms with Gasteiger partial charge in [-0.25, -0.2) is 0 Å². The lowest BCUT2D eigenvalue weighted by Crippen LogP contribution is -2.27. The summed E-state index contributed by atoms with van der Waals surface area (Å²) in [4.78, 5) is 15.9. The van der Waals surface area contributed by atoms with Crippen molar-refractivity contribution in [3.05, 3.63) is 89.1 Å². The van der Waals surface area contributed by atoms with E-state index in [9.17, 15) is 4.79 Å². The van der Waals surface area contributed by atoms with Crippen LogP contribution >= 0.6 is 0 Å². The smallest absolute Gasteiger partial charge is 0.163 e. The lowest BCUT2D eigenvalue weighted by atomic mass is 9.78. The molecule has 37 heavy (non-hydrogen) atoms. The molecule has 2 N–H and O–H groups in total. The number of ketones is 1. The third kappa shape index (κ3) is 5.01. The first kappa shape index (κ1) is 24.8. The Hall–Kier alpha value is -3.93. The summed E-state index contributed by atoms with van der Waals surface area (Å²) in [5, 5.41) is 7.27. The second-order valence-corrected chi connectivity index (χ2v) is 10.2. The van der Waals surface area contributed by atoms with E-state index in [1.807, 2.05) is 64.3 Å². The number of Topliss-reactive ketones (excluding diaryl/α,β-unsaturated/α-hetero) is 1. The molecule has 2 aliphatic rings. The Bertz CT molecular complexity index is 1330. The molecular weight excluding hydrogens is 462 g/mol. The van der Waals surface area contributed by atoms with Gasteiger partial charge >= 0.3 is 0 Å². The lowest BCUT2D eigenvalue weighted by Gasteiger charge is -2.30. The number of hydrogen-bond acceptors (Lipinski definition) is 6. The second-order valence-electron chi connectivity index (χ2n) is 10.2. The second kappa shape index (κ2) is 10.2. The van der Waals surface area contributed by atoms with Crippen molar-refractivity contribution < 1.29 is 14.3 Å². The lowest BCUT2D eigenvalue weighted by molar-refractivity contribution is -0.116. The van der Waals surface area contributed by atoms with Crippen molar-refractivity contribution >= 4 is 22.8 Å². The molecule has 1 aliphatic carbocycles. The molecular formula is C31H35N3O3. The molecule has 192 valence electrons. The molecule has 6 nitrogen and oxygen atoms in total. The highest BCUT2D eigenvalue weighted by molar-refractivity contribution is 6.01. The molecule has 0 radical (unpaired) electrons. The maximum Gasteiger partial charge on any atom is 0.163 e. The van der Waals surface area contributed by atoms with Gasteiger partial charge < -0.3 is 25.0 Å². The molecule has 0 spiro atoms. The Labute approximate surface area is 219 Å². The summed E-state index contributed by atoms with van der Waals surface area (Å²) < 4.78 is 11.6. The minimum atomic E-state index is -0.308. The van der Waals surface area contributed by atoms with Crippen molar-refractivity contribution in [2.24, 2.45) is 0 Å². The van der Waals surface area contributed by atoms with E-state index >= 15 is 0 Å². The first-order valence-corrected chi connectivity index (χ1v) is 12.8. The number of nitrogens with one attached hydrogen (secondary N) is 2. The van der Waals surface area contributed by atoms with Gasteiger partial charge in [0.05, 0.1) is 30.6 Å². The fourth-order valence-corrected chi connectivity index (χ4v) is 5.24. The number of anilines is 3. The molecule has 0 amide bonds. The van der Waals surface area contributed by atoms with E-state index < -0.39 is 0 Å². The molecule has 2 unspecified atom stereocenters. The van der Waals surface area contributed by atoms with Gasteiger partial charge in [0.25, 0.3) is 0 Å². The topological polar surface area (TPSA) is 62.8 Å². The highest BCUT2D eigenvalue weighted by Crippen LogP contribution is 2.45. The summed E-state index contributed by atoms with van der Waals surface area (Å²) >= 11 is 0. The van der Waals surface area contributed by atoms with Gasteiger partial charge in [0.2, 0.25) is 0 Å². The Balaban J connectivity index is 1.55. The van der Waals surface area contributed by atoms with E-state index in [1.165, 1.54) is 5.56 Å². The van der Waals surface area contributed by atoms with E-state index in [-0.39, 0.29) is 23.8 Å². The van der Waals surface area contributed by atoms with Gasteiger partial charge in [-0.1, -0.05) is 30.3 Å². The van der Waals surface area contributed by atoms with Gasteiger partial charge in [0, 0.05) is 37.5 Å². The van der Waals surface area contributed by atoms with E-state index in [0.29, 0.717) is 17.9 Å². The first-order chi connectivity index (χ1) is 17.8. The number of rotatable bonds is 6. The van der Waals surface area contributed by atoms with Crippen LogP contribution in [0.5, 0.6) is 11.5 Å². The SMILES string of the molecule is COc1cc(C2Nc3ccccc3NC3=C2C(=O)CC(c2ccc(N(C)C)cc2)C3)ccc1OC(C)C. The third-order valence-corrected chi connectivity index (χ3v) is 7.07. The summed E-state index contributed by atoms with van der Waals surface area (Å²) in [6, 6.07) is 22.3. The van der Waals surface area contributed by atoms with Gasteiger partial charge in [0.15, 0.2) is 17.3 Å². The number of carbonyl (C=O) groups is 1. The molecule has 0 saturated heterocycles. The number of methoxy groups -OCH3 is 1. The quantitative estimate of drug-likeness (QED) is 0.404. The Morgan fingerprint density at radius 3 is 2.27 bits per heavy atom. The number of hydrogen-bond donors (Lipinski definition) is 2. The van der Waals surface area contributed by atoms with Crippen LogP contribution in [0.1, 0.15) is 49.8 Å². The summed E-state index contributed by atoms with van der Waals surface area (Å²) in [6.45, 7) is 3.98. The van der Waals surface area contributed by atoms with Crippen molar-refractivity contribution in [3.63, 3.8) is 0 Å². The molecule has 2 atom stereocenters. The first-order valence-electron chi connectivity index (χ1n) is 12.8. The number of benzene rings is 3. The van der Waals surface area contributed by atoms with Crippen LogP contribution in [0.4, 0.5) is 17.1 Å². The van der Waals surface area contributed by atoms with E-state index in [0.717, 1.165) is 40.3 Å². The highest BCUT2D eigenvalue weighted by atomic mass is 16.5. The minimum Gasteiger partial charge on any atom is -0.493 e. The molecule has 5 rings (SSSR count). The number of ether oxygens (including phenoxy) is 2. The molecule has 6 heteroatoms. The molecule has 0 aromatic heterocycles. The van der Waals surface area contributed by atoms with Crippen LogP contribution in [0.15, 0.2) is 78.0 Å². The van der Waals surface area contributed by atoms with Gasteiger partial charge in [-0.05, 0) is 73.7 Å². The van der Waals surface area contributed by atoms with Crippen LogP contribution < -0.4 is 25.0 Å². The van der Waals surface area contributed by atoms with Crippen molar-refractivity contribution in [1.82, 2.24) is 0 Å². The maximum atomic E-state index is 13.8. The molecule has 3 aromatic rings. The number of para-hydroxylation sites is 2. The van der Waals surface area contributed by atoms with Crippen molar-refractivity contribution in [2.45, 2.75) is 44.8 Å². The van der Waals surface area contributed by atoms with Crippen LogP contribution in [0.3, 0.4) is 0 Å². The van der Waals surface area contributed by atoms with Crippen molar-refractivity contribution in [1.29, 1.82) is 0 Å². The average molecular weight is 498 g/mol. The fourth-order valence-electron chi connectivity index (χ4n) is 5.24. The monoisotopic (exact) mass is 497 g/mol. The standard InChI is InChI=1S/C31H35N3O3/c1-19(2)37-28-15-12-21(18-29(28)36-5)31-30-26(32-24-8-6-7-9-25(24)33-31)16-22(17-27(30)35)20-10-13-23(14-11-20)34(3)4/h6-15,18-19,22,31-33H,16-17H2,1-5H3. The zero-order valence-corrected chi connectivity index (χ0v) is 22.2.